The van der Waals surface area contributed by atoms with E-state index < -0.39 is 17.8 Å². The second-order valence-electron chi connectivity index (χ2n) is 5.43. The maximum absolute atomic E-state index is 13.3. The molecule has 2 heterocycles. The van der Waals surface area contributed by atoms with Crippen molar-refractivity contribution in [3.63, 3.8) is 0 Å². The third kappa shape index (κ3) is 3.10. The van der Waals surface area contributed by atoms with Gasteiger partial charge < -0.3 is 5.73 Å². The van der Waals surface area contributed by atoms with E-state index in [2.05, 4.69) is 4.98 Å². The highest BCUT2D eigenvalue weighted by molar-refractivity contribution is 5.95. The van der Waals surface area contributed by atoms with Crippen LogP contribution in [0.5, 0.6) is 0 Å². The SMILES string of the molecule is Nc1ccc2c(c1)cc(C(F)(F)F)n2C(=O)CCc1ccncc1. The van der Waals surface area contributed by atoms with Gasteiger partial charge in [0.05, 0.1) is 5.52 Å². The Kier molecular flexibility index (Phi) is 4.01. The van der Waals surface area contributed by atoms with Crippen LogP contribution in [0.15, 0.2) is 48.8 Å². The molecule has 2 N–H and O–H groups in total. The van der Waals surface area contributed by atoms with E-state index >= 15 is 0 Å². The zero-order chi connectivity index (χ0) is 17.3. The molecule has 0 aliphatic rings. The number of fused-ring (bicyclic) bond motifs is 1. The van der Waals surface area contributed by atoms with E-state index in [4.69, 9.17) is 5.73 Å². The molecule has 0 radical (unpaired) electrons. The van der Waals surface area contributed by atoms with Gasteiger partial charge in [-0.05, 0) is 48.4 Å². The van der Waals surface area contributed by atoms with Crippen LogP contribution < -0.4 is 5.73 Å². The molecule has 7 heteroatoms. The average molecular weight is 333 g/mol. The van der Waals surface area contributed by atoms with Crippen molar-refractivity contribution in [2.24, 2.45) is 0 Å². The van der Waals surface area contributed by atoms with Gasteiger partial charge in [0.15, 0.2) is 0 Å². The highest BCUT2D eigenvalue weighted by atomic mass is 19.4. The lowest BCUT2D eigenvalue weighted by Crippen LogP contribution is -2.20. The van der Waals surface area contributed by atoms with Crippen molar-refractivity contribution in [2.75, 3.05) is 5.73 Å². The van der Waals surface area contributed by atoms with E-state index in [1.54, 1.807) is 24.5 Å². The van der Waals surface area contributed by atoms with Gasteiger partial charge in [-0.1, -0.05) is 0 Å². The molecule has 24 heavy (non-hydrogen) atoms. The number of nitrogen functional groups attached to an aromatic ring is 1. The number of hydrogen-bond acceptors (Lipinski definition) is 3. The molecular formula is C17H14F3N3O. The average Bonchev–Trinajstić information content (AvgIpc) is 2.92. The Hall–Kier alpha value is -2.83. The molecule has 0 aliphatic carbocycles. The van der Waals surface area contributed by atoms with Gasteiger partial charge in [0, 0.05) is 29.9 Å². The minimum atomic E-state index is -4.62. The van der Waals surface area contributed by atoms with Crippen LogP contribution >= 0.6 is 0 Å². The van der Waals surface area contributed by atoms with Gasteiger partial charge in [-0.2, -0.15) is 13.2 Å². The Bertz CT molecular complexity index is 885. The number of rotatable bonds is 3. The first-order chi connectivity index (χ1) is 11.4. The van der Waals surface area contributed by atoms with Gasteiger partial charge in [0.2, 0.25) is 5.91 Å². The normalized spacial score (nSPS) is 11.8. The molecule has 3 rings (SSSR count). The lowest BCUT2D eigenvalue weighted by atomic mass is 10.1. The summed E-state index contributed by atoms with van der Waals surface area (Å²) in [5.41, 5.74) is 6.03. The maximum atomic E-state index is 13.3. The van der Waals surface area contributed by atoms with Crippen LogP contribution in [-0.4, -0.2) is 15.5 Å². The first kappa shape index (κ1) is 16.0. The Balaban J connectivity index is 1.98. The van der Waals surface area contributed by atoms with E-state index in [1.807, 2.05) is 0 Å². The second-order valence-corrected chi connectivity index (χ2v) is 5.43. The lowest BCUT2D eigenvalue weighted by Gasteiger charge is -2.12. The van der Waals surface area contributed by atoms with E-state index in [-0.39, 0.29) is 11.9 Å². The smallest absolute Gasteiger partial charge is 0.399 e. The summed E-state index contributed by atoms with van der Waals surface area (Å²) in [6.07, 6.45) is -1.17. The molecule has 2 aromatic heterocycles. The minimum absolute atomic E-state index is 0.0404. The lowest BCUT2D eigenvalue weighted by molar-refractivity contribution is -0.142. The van der Waals surface area contributed by atoms with Crippen LogP contribution in [0.1, 0.15) is 22.5 Å². The molecule has 0 spiro atoms. The molecule has 0 saturated carbocycles. The predicted octanol–water partition coefficient (Wildman–Crippen LogP) is 3.91. The van der Waals surface area contributed by atoms with Crippen LogP contribution in [0.3, 0.4) is 0 Å². The number of benzene rings is 1. The number of carbonyl (C=O) groups excluding carboxylic acids is 1. The molecular weight excluding hydrogens is 319 g/mol. The van der Waals surface area contributed by atoms with Crippen LogP contribution in [0.25, 0.3) is 10.9 Å². The summed E-state index contributed by atoms with van der Waals surface area (Å²) >= 11 is 0. The fourth-order valence-electron chi connectivity index (χ4n) is 2.62. The maximum Gasteiger partial charge on any atom is 0.431 e. The standard InChI is InChI=1S/C17H14F3N3O/c18-17(19,20)15-10-12-9-13(21)2-3-14(12)23(15)16(24)4-1-11-5-7-22-8-6-11/h2-3,5-10H,1,4,21H2. The molecule has 0 fully saturated rings. The summed E-state index contributed by atoms with van der Waals surface area (Å²) in [6, 6.07) is 8.76. The van der Waals surface area contributed by atoms with Gasteiger partial charge >= 0.3 is 6.18 Å². The van der Waals surface area contributed by atoms with Crippen molar-refractivity contribution >= 4 is 22.5 Å². The predicted molar refractivity (Wildman–Crippen MR) is 84.5 cm³/mol. The van der Waals surface area contributed by atoms with E-state index in [1.165, 1.54) is 18.2 Å². The zero-order valence-corrected chi connectivity index (χ0v) is 12.5. The summed E-state index contributed by atoms with van der Waals surface area (Å²) in [5, 5.41) is 0.291. The molecule has 0 aliphatic heterocycles. The monoisotopic (exact) mass is 333 g/mol. The second kappa shape index (κ2) is 5.99. The number of nitrogens with zero attached hydrogens (tertiary/aromatic N) is 2. The summed E-state index contributed by atoms with van der Waals surface area (Å²) in [4.78, 5) is 16.3. The summed E-state index contributed by atoms with van der Waals surface area (Å²) in [5.74, 6) is -0.612. The summed E-state index contributed by atoms with van der Waals surface area (Å²) in [7, 11) is 0. The van der Waals surface area contributed by atoms with Crippen molar-refractivity contribution in [2.45, 2.75) is 19.0 Å². The molecule has 1 aromatic carbocycles. The van der Waals surface area contributed by atoms with E-state index in [0.717, 1.165) is 16.2 Å². The Labute approximate surface area is 135 Å². The van der Waals surface area contributed by atoms with Crippen molar-refractivity contribution in [3.8, 4) is 0 Å². The van der Waals surface area contributed by atoms with Crippen LogP contribution in [-0.2, 0) is 12.6 Å². The number of nitrogens with two attached hydrogens (primary N) is 1. The third-order valence-corrected chi connectivity index (χ3v) is 3.74. The number of pyridine rings is 1. The molecule has 0 bridgehead atoms. The number of halogens is 3. The molecule has 3 aromatic rings. The van der Waals surface area contributed by atoms with E-state index in [9.17, 15) is 18.0 Å². The van der Waals surface area contributed by atoms with Crippen LogP contribution in [0.2, 0.25) is 0 Å². The van der Waals surface area contributed by atoms with Crippen molar-refractivity contribution in [3.05, 3.63) is 60.0 Å². The third-order valence-electron chi connectivity index (χ3n) is 3.74. The van der Waals surface area contributed by atoms with Crippen LogP contribution in [0, 0.1) is 0 Å². The molecule has 0 unspecified atom stereocenters. The quantitative estimate of drug-likeness (QED) is 0.739. The highest BCUT2D eigenvalue weighted by Crippen LogP contribution is 2.35. The van der Waals surface area contributed by atoms with Gasteiger partial charge in [0.1, 0.15) is 5.69 Å². The van der Waals surface area contributed by atoms with Crippen molar-refractivity contribution < 1.29 is 18.0 Å². The highest BCUT2D eigenvalue weighted by Gasteiger charge is 2.37. The zero-order valence-electron chi connectivity index (χ0n) is 12.5. The minimum Gasteiger partial charge on any atom is -0.399 e. The largest absolute Gasteiger partial charge is 0.431 e. The number of aryl methyl sites for hydroxylation is 1. The fourth-order valence-corrected chi connectivity index (χ4v) is 2.62. The first-order valence-corrected chi connectivity index (χ1v) is 7.26. The fraction of sp³-hybridized carbons (Fsp3) is 0.176. The van der Waals surface area contributed by atoms with Gasteiger partial charge in [-0.15, -0.1) is 0 Å². The van der Waals surface area contributed by atoms with Gasteiger partial charge in [0.25, 0.3) is 0 Å². The molecule has 4 nitrogen and oxygen atoms in total. The summed E-state index contributed by atoms with van der Waals surface area (Å²) in [6.45, 7) is 0. The molecule has 0 amide bonds. The van der Waals surface area contributed by atoms with Crippen molar-refractivity contribution in [1.29, 1.82) is 0 Å². The number of carbonyl (C=O) groups is 1. The van der Waals surface area contributed by atoms with E-state index in [0.29, 0.717) is 17.5 Å². The first-order valence-electron chi connectivity index (χ1n) is 7.26. The van der Waals surface area contributed by atoms with Gasteiger partial charge in [-0.25, -0.2) is 0 Å². The Morgan fingerprint density at radius 3 is 2.50 bits per heavy atom. The topological polar surface area (TPSA) is 60.9 Å². The van der Waals surface area contributed by atoms with Gasteiger partial charge in [-0.3, -0.25) is 14.3 Å². The van der Waals surface area contributed by atoms with Crippen molar-refractivity contribution in [1.82, 2.24) is 9.55 Å². The molecule has 0 saturated heterocycles. The number of alkyl halides is 3. The summed E-state index contributed by atoms with van der Waals surface area (Å²) < 4.78 is 40.6. The molecule has 124 valence electrons. The number of hydrogen-bond donors (Lipinski definition) is 1. The Morgan fingerprint density at radius 1 is 1.12 bits per heavy atom. The number of aromatic nitrogens is 2. The molecule has 0 atom stereocenters. The Morgan fingerprint density at radius 2 is 1.83 bits per heavy atom. The number of anilines is 1. The van der Waals surface area contributed by atoms with Crippen LogP contribution in [0.4, 0.5) is 18.9 Å².